The molecule has 0 spiro atoms. The Morgan fingerprint density at radius 3 is 2.90 bits per heavy atom. The first-order chi connectivity index (χ1) is 9.78. The van der Waals surface area contributed by atoms with Crippen molar-refractivity contribution >= 4 is 11.0 Å². The number of benzene rings is 1. The molecule has 0 bridgehead atoms. The van der Waals surface area contributed by atoms with Gasteiger partial charge in [-0.3, -0.25) is 4.79 Å². The summed E-state index contributed by atoms with van der Waals surface area (Å²) in [5.41, 5.74) is 0.734. The molecule has 3 aromatic rings. The number of H-pyrrole nitrogens is 1. The van der Waals surface area contributed by atoms with Crippen LogP contribution in [0.25, 0.3) is 11.0 Å². The molecule has 96 valence electrons. The number of nitriles is 1. The molecule has 1 aromatic carbocycles. The van der Waals surface area contributed by atoms with Gasteiger partial charge in [0.1, 0.15) is 11.8 Å². The third kappa shape index (κ3) is 2.08. The third-order valence-electron chi connectivity index (χ3n) is 2.68. The summed E-state index contributed by atoms with van der Waals surface area (Å²) < 4.78 is 5.55. The maximum absolute atomic E-state index is 11.6. The first kappa shape index (κ1) is 11.9. The number of pyridine rings is 1. The van der Waals surface area contributed by atoms with E-state index in [0.29, 0.717) is 16.8 Å². The fourth-order valence-electron chi connectivity index (χ4n) is 1.75. The summed E-state index contributed by atoms with van der Waals surface area (Å²) in [6.07, 6.45) is 1.32. The molecule has 0 unspecified atom stereocenters. The van der Waals surface area contributed by atoms with Crippen molar-refractivity contribution in [1.29, 1.82) is 5.26 Å². The van der Waals surface area contributed by atoms with Crippen LogP contribution in [-0.4, -0.2) is 15.0 Å². The molecule has 2 heterocycles. The summed E-state index contributed by atoms with van der Waals surface area (Å²) in [7, 11) is 0. The van der Waals surface area contributed by atoms with E-state index in [1.165, 1.54) is 6.33 Å². The highest BCUT2D eigenvalue weighted by Gasteiger charge is 2.07. The monoisotopic (exact) mass is 264 g/mol. The van der Waals surface area contributed by atoms with Crippen LogP contribution in [-0.2, 0) is 0 Å². The van der Waals surface area contributed by atoms with Gasteiger partial charge in [-0.15, -0.1) is 0 Å². The molecule has 2 aromatic heterocycles. The zero-order chi connectivity index (χ0) is 13.9. The summed E-state index contributed by atoms with van der Waals surface area (Å²) in [6.45, 7) is 0. The van der Waals surface area contributed by atoms with Gasteiger partial charge in [0.15, 0.2) is 5.52 Å². The van der Waals surface area contributed by atoms with Gasteiger partial charge in [-0.25, -0.2) is 9.97 Å². The van der Waals surface area contributed by atoms with Crippen molar-refractivity contribution in [3.05, 3.63) is 58.6 Å². The molecule has 0 fully saturated rings. The van der Waals surface area contributed by atoms with E-state index in [1.54, 1.807) is 36.4 Å². The fourth-order valence-corrected chi connectivity index (χ4v) is 1.75. The molecule has 20 heavy (non-hydrogen) atoms. The third-order valence-corrected chi connectivity index (χ3v) is 2.68. The molecule has 0 amide bonds. The maximum atomic E-state index is 11.6. The van der Waals surface area contributed by atoms with E-state index in [-0.39, 0.29) is 17.0 Å². The summed E-state index contributed by atoms with van der Waals surface area (Å²) in [4.78, 5) is 22.2. The van der Waals surface area contributed by atoms with Crippen molar-refractivity contribution in [2.45, 2.75) is 0 Å². The second-order valence-electron chi connectivity index (χ2n) is 3.96. The topological polar surface area (TPSA) is 91.7 Å². The van der Waals surface area contributed by atoms with Gasteiger partial charge in [0.2, 0.25) is 5.88 Å². The molecular formula is C14H8N4O2. The smallest absolute Gasteiger partial charge is 0.277 e. The highest BCUT2D eigenvalue weighted by molar-refractivity contribution is 5.73. The Morgan fingerprint density at radius 2 is 2.05 bits per heavy atom. The quantitative estimate of drug-likeness (QED) is 0.764. The Bertz CT molecular complexity index is 880. The lowest BCUT2D eigenvalue weighted by atomic mass is 10.2. The van der Waals surface area contributed by atoms with Gasteiger partial charge in [0.25, 0.3) is 5.56 Å². The van der Waals surface area contributed by atoms with Crippen LogP contribution in [0.4, 0.5) is 0 Å². The van der Waals surface area contributed by atoms with Gasteiger partial charge in [0, 0.05) is 6.07 Å². The molecule has 0 atom stereocenters. The Morgan fingerprint density at radius 1 is 1.20 bits per heavy atom. The lowest BCUT2D eigenvalue weighted by Crippen LogP contribution is -2.08. The molecule has 0 saturated heterocycles. The molecule has 1 N–H and O–H groups in total. The lowest BCUT2D eigenvalue weighted by Gasteiger charge is -2.06. The van der Waals surface area contributed by atoms with Gasteiger partial charge < -0.3 is 9.72 Å². The summed E-state index contributed by atoms with van der Waals surface area (Å²) in [5.74, 6) is 0.626. The Labute approximate surface area is 113 Å². The number of rotatable bonds is 2. The molecule has 0 aliphatic heterocycles. The SMILES string of the molecule is N#Cc1ccccc1Oc1ccc2nc[nH]c(=O)c2n1. The van der Waals surface area contributed by atoms with Gasteiger partial charge in [-0.2, -0.15) is 5.26 Å². The van der Waals surface area contributed by atoms with Gasteiger partial charge >= 0.3 is 0 Å². The van der Waals surface area contributed by atoms with Crippen molar-refractivity contribution in [2.24, 2.45) is 0 Å². The highest BCUT2D eigenvalue weighted by atomic mass is 16.5. The van der Waals surface area contributed by atoms with E-state index in [2.05, 4.69) is 15.0 Å². The number of hydrogen-bond acceptors (Lipinski definition) is 5. The van der Waals surface area contributed by atoms with E-state index in [1.807, 2.05) is 6.07 Å². The molecule has 0 radical (unpaired) electrons. The Kier molecular flexibility index (Phi) is 2.86. The predicted molar refractivity (Wildman–Crippen MR) is 71.4 cm³/mol. The Balaban J connectivity index is 2.06. The number of ether oxygens (including phenoxy) is 1. The van der Waals surface area contributed by atoms with Crippen LogP contribution in [0.5, 0.6) is 11.6 Å². The fraction of sp³-hybridized carbons (Fsp3) is 0. The van der Waals surface area contributed by atoms with Gasteiger partial charge in [0.05, 0.1) is 17.4 Å². The minimum atomic E-state index is -0.339. The average molecular weight is 264 g/mol. The molecule has 6 nitrogen and oxygen atoms in total. The number of aromatic nitrogens is 3. The standard InChI is InChI=1S/C14H8N4O2/c15-7-9-3-1-2-4-11(9)20-12-6-5-10-13(18-12)14(19)17-8-16-10/h1-6,8H,(H,16,17,19). The van der Waals surface area contributed by atoms with Crippen molar-refractivity contribution in [3.8, 4) is 17.7 Å². The van der Waals surface area contributed by atoms with Crippen LogP contribution in [0.1, 0.15) is 5.56 Å². The number of nitrogens with one attached hydrogen (secondary N) is 1. The van der Waals surface area contributed by atoms with Crippen LogP contribution in [0.3, 0.4) is 0 Å². The minimum Gasteiger partial charge on any atom is -0.438 e. The second kappa shape index (κ2) is 4.82. The lowest BCUT2D eigenvalue weighted by molar-refractivity contribution is 0.463. The zero-order valence-corrected chi connectivity index (χ0v) is 10.2. The zero-order valence-electron chi connectivity index (χ0n) is 10.2. The predicted octanol–water partition coefficient (Wildman–Crippen LogP) is 1.98. The van der Waals surface area contributed by atoms with Crippen molar-refractivity contribution in [1.82, 2.24) is 15.0 Å². The van der Waals surface area contributed by atoms with Crippen molar-refractivity contribution < 1.29 is 4.74 Å². The van der Waals surface area contributed by atoms with E-state index in [0.717, 1.165) is 0 Å². The number of aromatic amines is 1. The van der Waals surface area contributed by atoms with Gasteiger partial charge in [-0.1, -0.05) is 12.1 Å². The molecule has 3 rings (SSSR count). The van der Waals surface area contributed by atoms with Crippen molar-refractivity contribution in [2.75, 3.05) is 0 Å². The number of para-hydroxylation sites is 1. The van der Waals surface area contributed by atoms with E-state index >= 15 is 0 Å². The summed E-state index contributed by atoms with van der Waals surface area (Å²) in [6, 6.07) is 12.1. The summed E-state index contributed by atoms with van der Waals surface area (Å²) in [5, 5.41) is 9.00. The van der Waals surface area contributed by atoms with E-state index < -0.39 is 0 Å². The number of fused-ring (bicyclic) bond motifs is 1. The molecule has 6 heteroatoms. The first-order valence-corrected chi connectivity index (χ1v) is 5.79. The maximum Gasteiger partial charge on any atom is 0.277 e. The number of hydrogen-bond donors (Lipinski definition) is 1. The first-order valence-electron chi connectivity index (χ1n) is 5.79. The molecular weight excluding hydrogens is 256 g/mol. The minimum absolute atomic E-state index is 0.194. The Hall–Kier alpha value is -3.20. The van der Waals surface area contributed by atoms with Crippen molar-refractivity contribution in [3.63, 3.8) is 0 Å². The van der Waals surface area contributed by atoms with Crippen LogP contribution in [0.15, 0.2) is 47.5 Å². The molecule has 0 aliphatic carbocycles. The molecule has 0 aliphatic rings. The second-order valence-corrected chi connectivity index (χ2v) is 3.96. The van der Waals surface area contributed by atoms with Crippen LogP contribution < -0.4 is 10.3 Å². The summed E-state index contributed by atoms with van der Waals surface area (Å²) >= 11 is 0. The normalized spacial score (nSPS) is 10.2. The highest BCUT2D eigenvalue weighted by Crippen LogP contribution is 2.23. The largest absolute Gasteiger partial charge is 0.438 e. The van der Waals surface area contributed by atoms with Crippen LogP contribution in [0, 0.1) is 11.3 Å². The average Bonchev–Trinajstić information content (AvgIpc) is 2.49. The van der Waals surface area contributed by atoms with E-state index in [4.69, 9.17) is 10.00 Å². The number of nitrogens with zero attached hydrogens (tertiary/aromatic N) is 3. The van der Waals surface area contributed by atoms with E-state index in [9.17, 15) is 4.79 Å². The van der Waals surface area contributed by atoms with Crippen LogP contribution in [0.2, 0.25) is 0 Å². The van der Waals surface area contributed by atoms with Gasteiger partial charge in [-0.05, 0) is 18.2 Å². The van der Waals surface area contributed by atoms with Crippen LogP contribution >= 0.6 is 0 Å². The molecule has 0 saturated carbocycles.